The van der Waals surface area contributed by atoms with E-state index in [0.29, 0.717) is 12.2 Å². The van der Waals surface area contributed by atoms with Gasteiger partial charge in [-0.2, -0.15) is 0 Å². The van der Waals surface area contributed by atoms with Gasteiger partial charge in [-0.1, -0.05) is 12.8 Å². The molecule has 1 fully saturated rings. The number of carbonyl (C=O) groups is 1. The van der Waals surface area contributed by atoms with E-state index in [4.69, 9.17) is 10.5 Å². The quantitative estimate of drug-likeness (QED) is 0.457. The van der Waals surface area contributed by atoms with Crippen molar-refractivity contribution in [3.63, 3.8) is 0 Å². The smallest absolute Gasteiger partial charge is 0.340 e. The van der Waals surface area contributed by atoms with E-state index in [-0.39, 0.29) is 17.9 Å². The Labute approximate surface area is 118 Å². The number of nitrogens with two attached hydrogens (primary N) is 1. The van der Waals surface area contributed by atoms with Crippen LogP contribution in [0.1, 0.15) is 43.0 Å². The fraction of sp³-hybridized carbons (Fsp3) is 0.533. The largest absolute Gasteiger partial charge is 0.462 e. The maximum absolute atomic E-state index is 13.8. The number of hydrogen-bond donors (Lipinski definition) is 2. The van der Waals surface area contributed by atoms with E-state index in [0.717, 1.165) is 18.4 Å². The molecule has 1 aromatic rings. The number of hydrogen-bond acceptors (Lipinski definition) is 4. The lowest BCUT2D eigenvalue weighted by atomic mass is 10.1. The molecule has 1 aliphatic rings. The Kier molecular flexibility index (Phi) is 4.82. The lowest BCUT2D eigenvalue weighted by Crippen LogP contribution is -2.11. The summed E-state index contributed by atoms with van der Waals surface area (Å²) in [7, 11) is 0. The fourth-order valence-corrected chi connectivity index (χ4v) is 2.13. The van der Waals surface area contributed by atoms with E-state index in [1.807, 2.05) is 0 Å². The monoisotopic (exact) mass is 280 g/mol. The summed E-state index contributed by atoms with van der Waals surface area (Å²) in [4.78, 5) is 11.7. The number of nitrogen functional groups attached to an aromatic ring is 1. The first-order valence-electron chi connectivity index (χ1n) is 7.11. The van der Waals surface area contributed by atoms with E-state index in [2.05, 4.69) is 5.32 Å². The minimum Gasteiger partial charge on any atom is -0.462 e. The van der Waals surface area contributed by atoms with Crippen molar-refractivity contribution in [2.45, 2.75) is 32.6 Å². The summed E-state index contributed by atoms with van der Waals surface area (Å²) < 4.78 is 18.7. The van der Waals surface area contributed by atoms with Crippen LogP contribution in [0.25, 0.3) is 0 Å². The Morgan fingerprint density at radius 3 is 2.90 bits per heavy atom. The Bertz CT molecular complexity index is 487. The van der Waals surface area contributed by atoms with Crippen LogP contribution in [-0.4, -0.2) is 19.1 Å². The summed E-state index contributed by atoms with van der Waals surface area (Å²) in [6.07, 6.45) is 4.82. The van der Waals surface area contributed by atoms with Crippen molar-refractivity contribution in [1.82, 2.24) is 0 Å². The zero-order valence-corrected chi connectivity index (χ0v) is 11.7. The Morgan fingerprint density at radius 2 is 2.25 bits per heavy atom. The van der Waals surface area contributed by atoms with Crippen LogP contribution in [0.15, 0.2) is 12.1 Å². The number of anilines is 2. The molecule has 0 atom stereocenters. The Morgan fingerprint density at radius 1 is 1.50 bits per heavy atom. The normalized spacial score (nSPS) is 14.1. The number of esters is 1. The lowest BCUT2D eigenvalue weighted by Gasteiger charge is -2.11. The maximum Gasteiger partial charge on any atom is 0.340 e. The molecule has 1 saturated carbocycles. The van der Waals surface area contributed by atoms with Gasteiger partial charge in [-0.15, -0.1) is 0 Å². The molecule has 0 bridgehead atoms. The van der Waals surface area contributed by atoms with Crippen molar-refractivity contribution in [3.05, 3.63) is 23.5 Å². The number of benzene rings is 1. The first-order chi connectivity index (χ1) is 9.61. The summed E-state index contributed by atoms with van der Waals surface area (Å²) >= 11 is 0. The van der Waals surface area contributed by atoms with Crippen LogP contribution in [0.3, 0.4) is 0 Å². The SMILES string of the molecule is CCOC(=O)c1cc(NCCCC2CC2)c(F)cc1N. The first-order valence-corrected chi connectivity index (χ1v) is 7.11. The van der Waals surface area contributed by atoms with Gasteiger partial charge in [0.2, 0.25) is 0 Å². The standard InChI is InChI=1S/C15H21FN2O2/c1-2-20-15(19)11-8-14(12(16)9-13(11)17)18-7-3-4-10-5-6-10/h8-10,18H,2-7,17H2,1H3. The van der Waals surface area contributed by atoms with Crippen LogP contribution in [0.4, 0.5) is 15.8 Å². The molecule has 0 aromatic heterocycles. The number of ether oxygens (including phenoxy) is 1. The van der Waals surface area contributed by atoms with Crippen molar-refractivity contribution in [3.8, 4) is 0 Å². The molecule has 0 radical (unpaired) electrons. The van der Waals surface area contributed by atoms with Crippen molar-refractivity contribution in [1.29, 1.82) is 0 Å². The third kappa shape index (κ3) is 3.85. The van der Waals surface area contributed by atoms with Crippen LogP contribution in [0, 0.1) is 11.7 Å². The Balaban J connectivity index is 1.98. The highest BCUT2D eigenvalue weighted by atomic mass is 19.1. The van der Waals surface area contributed by atoms with Gasteiger partial charge in [0.15, 0.2) is 0 Å². The average molecular weight is 280 g/mol. The summed E-state index contributed by atoms with van der Waals surface area (Å²) in [5, 5.41) is 3.02. The lowest BCUT2D eigenvalue weighted by molar-refractivity contribution is 0.0527. The zero-order valence-electron chi connectivity index (χ0n) is 11.7. The molecule has 20 heavy (non-hydrogen) atoms. The molecule has 4 nitrogen and oxygen atoms in total. The number of carbonyl (C=O) groups excluding carboxylic acids is 1. The van der Waals surface area contributed by atoms with Gasteiger partial charge >= 0.3 is 5.97 Å². The molecule has 3 N–H and O–H groups in total. The average Bonchev–Trinajstić information content (AvgIpc) is 3.21. The van der Waals surface area contributed by atoms with Gasteiger partial charge in [0.25, 0.3) is 0 Å². The van der Waals surface area contributed by atoms with Gasteiger partial charge in [0.1, 0.15) is 5.82 Å². The van der Waals surface area contributed by atoms with Gasteiger partial charge < -0.3 is 15.8 Å². The van der Waals surface area contributed by atoms with Crippen LogP contribution in [-0.2, 0) is 4.74 Å². The molecular formula is C15H21FN2O2. The van der Waals surface area contributed by atoms with Crippen LogP contribution >= 0.6 is 0 Å². The molecule has 0 heterocycles. The molecule has 1 aliphatic carbocycles. The van der Waals surface area contributed by atoms with Crippen molar-refractivity contribution in [2.24, 2.45) is 5.92 Å². The molecule has 0 saturated heterocycles. The van der Waals surface area contributed by atoms with E-state index in [1.165, 1.54) is 25.3 Å². The molecule has 0 amide bonds. The van der Waals surface area contributed by atoms with Crippen molar-refractivity contribution >= 4 is 17.3 Å². The summed E-state index contributed by atoms with van der Waals surface area (Å²) in [6, 6.07) is 2.59. The molecule has 2 rings (SSSR count). The highest BCUT2D eigenvalue weighted by Crippen LogP contribution is 2.33. The van der Waals surface area contributed by atoms with Gasteiger partial charge in [-0.3, -0.25) is 0 Å². The number of rotatable bonds is 7. The maximum atomic E-state index is 13.8. The second-order valence-electron chi connectivity index (χ2n) is 5.15. The van der Waals surface area contributed by atoms with Crippen LogP contribution in [0.5, 0.6) is 0 Å². The highest BCUT2D eigenvalue weighted by Gasteiger charge is 2.20. The summed E-state index contributed by atoms with van der Waals surface area (Å²) in [5.41, 5.74) is 6.27. The van der Waals surface area contributed by atoms with Crippen molar-refractivity contribution in [2.75, 3.05) is 24.2 Å². The fourth-order valence-electron chi connectivity index (χ4n) is 2.13. The highest BCUT2D eigenvalue weighted by molar-refractivity contribution is 5.96. The molecule has 0 unspecified atom stereocenters. The molecule has 5 heteroatoms. The van der Waals surface area contributed by atoms with E-state index < -0.39 is 11.8 Å². The minimum atomic E-state index is -0.522. The molecule has 0 aliphatic heterocycles. The summed E-state index contributed by atoms with van der Waals surface area (Å²) in [5.74, 6) is -0.101. The predicted molar refractivity (Wildman–Crippen MR) is 77.2 cm³/mol. The van der Waals surface area contributed by atoms with E-state index >= 15 is 0 Å². The third-order valence-corrected chi connectivity index (χ3v) is 3.44. The van der Waals surface area contributed by atoms with Gasteiger partial charge in [-0.25, -0.2) is 9.18 Å². The van der Waals surface area contributed by atoms with Crippen LogP contribution in [0.2, 0.25) is 0 Å². The van der Waals surface area contributed by atoms with E-state index in [1.54, 1.807) is 6.92 Å². The molecule has 1 aromatic carbocycles. The molecule has 110 valence electrons. The van der Waals surface area contributed by atoms with Gasteiger partial charge in [0.05, 0.1) is 17.9 Å². The third-order valence-electron chi connectivity index (χ3n) is 3.44. The Hall–Kier alpha value is -1.78. The zero-order chi connectivity index (χ0) is 14.5. The summed E-state index contributed by atoms with van der Waals surface area (Å²) in [6.45, 7) is 2.67. The van der Waals surface area contributed by atoms with Crippen molar-refractivity contribution < 1.29 is 13.9 Å². The number of nitrogens with one attached hydrogen (secondary N) is 1. The topological polar surface area (TPSA) is 64.3 Å². The second kappa shape index (κ2) is 6.59. The first kappa shape index (κ1) is 14.6. The van der Waals surface area contributed by atoms with Crippen LogP contribution < -0.4 is 11.1 Å². The second-order valence-corrected chi connectivity index (χ2v) is 5.15. The molecular weight excluding hydrogens is 259 g/mol. The van der Waals surface area contributed by atoms with E-state index in [9.17, 15) is 9.18 Å². The predicted octanol–water partition coefficient (Wildman–Crippen LogP) is 3.19. The number of halogens is 1. The van der Waals surface area contributed by atoms with Gasteiger partial charge in [0, 0.05) is 12.2 Å². The molecule has 0 spiro atoms. The minimum absolute atomic E-state index is 0.101. The van der Waals surface area contributed by atoms with Gasteiger partial charge in [-0.05, 0) is 37.8 Å².